The number of hydrogen-bond acceptors (Lipinski definition) is 6. The van der Waals surface area contributed by atoms with Crippen LogP contribution in [0.3, 0.4) is 0 Å². The zero-order chi connectivity index (χ0) is 16.7. The number of halogens is 3. The number of carbonyl (C=O) groups is 1. The van der Waals surface area contributed by atoms with Crippen LogP contribution in [0, 0.1) is 0 Å². The molecule has 1 amide bonds. The van der Waals surface area contributed by atoms with E-state index in [1.165, 1.54) is 6.92 Å². The minimum absolute atomic E-state index is 0.0836. The van der Waals surface area contributed by atoms with Gasteiger partial charge in [-0.2, -0.15) is 13.2 Å². The Morgan fingerprint density at radius 2 is 1.81 bits per heavy atom. The van der Waals surface area contributed by atoms with Gasteiger partial charge in [0.05, 0.1) is 6.61 Å². The number of rotatable bonds is 8. The van der Waals surface area contributed by atoms with Crippen LogP contribution >= 0.6 is 7.82 Å². The molecule has 0 bridgehead atoms. The average molecular weight is 337 g/mol. The van der Waals surface area contributed by atoms with Crippen LogP contribution in [-0.4, -0.2) is 45.2 Å². The van der Waals surface area contributed by atoms with E-state index < -0.39 is 38.7 Å². The quantitative estimate of drug-likeness (QED) is 0.686. The highest BCUT2D eigenvalue weighted by Gasteiger charge is 2.46. The van der Waals surface area contributed by atoms with E-state index in [-0.39, 0.29) is 6.61 Å². The van der Waals surface area contributed by atoms with Crippen LogP contribution in [-0.2, 0) is 22.9 Å². The lowest BCUT2D eigenvalue weighted by atomic mass is 10.1. The molecule has 0 aromatic heterocycles. The minimum atomic E-state index is -4.81. The largest absolute Gasteiger partial charge is 0.474 e. The molecule has 7 nitrogen and oxygen atoms in total. The predicted octanol–water partition coefficient (Wildman–Crippen LogP) is 2.86. The monoisotopic (exact) mass is 337 g/mol. The van der Waals surface area contributed by atoms with Crippen molar-refractivity contribution in [2.75, 3.05) is 20.8 Å². The molecule has 0 rings (SSSR count). The zero-order valence-corrected chi connectivity index (χ0v) is 13.0. The van der Waals surface area contributed by atoms with E-state index in [4.69, 9.17) is 0 Å². The summed E-state index contributed by atoms with van der Waals surface area (Å²) in [6.07, 6.45) is -8.77. The molecule has 0 saturated carbocycles. The van der Waals surface area contributed by atoms with Gasteiger partial charge in [0.1, 0.15) is 0 Å². The highest BCUT2D eigenvalue weighted by atomic mass is 31.2. The Morgan fingerprint density at radius 1 is 1.29 bits per heavy atom. The molecular formula is C10H19F3NO6P. The van der Waals surface area contributed by atoms with Crippen LogP contribution in [0.15, 0.2) is 0 Å². The van der Waals surface area contributed by atoms with Crippen LogP contribution in [0.5, 0.6) is 0 Å². The van der Waals surface area contributed by atoms with Gasteiger partial charge in [0, 0.05) is 26.7 Å². The van der Waals surface area contributed by atoms with E-state index >= 15 is 0 Å². The van der Waals surface area contributed by atoms with Crippen LogP contribution in [0.2, 0.25) is 0 Å². The molecule has 0 aromatic rings. The third-order valence-electron chi connectivity index (χ3n) is 2.28. The van der Waals surface area contributed by atoms with Gasteiger partial charge in [-0.05, 0) is 13.8 Å². The Kier molecular flexibility index (Phi) is 8.23. The van der Waals surface area contributed by atoms with Crippen molar-refractivity contribution in [1.29, 1.82) is 0 Å². The van der Waals surface area contributed by atoms with E-state index in [9.17, 15) is 22.5 Å². The topological polar surface area (TPSA) is 83.1 Å². The van der Waals surface area contributed by atoms with Gasteiger partial charge in [-0.25, -0.2) is 9.36 Å². The molecule has 2 atom stereocenters. The molecule has 21 heavy (non-hydrogen) atoms. The Morgan fingerprint density at radius 3 is 2.19 bits per heavy atom. The molecule has 126 valence electrons. The first kappa shape index (κ1) is 20.2. The third-order valence-corrected chi connectivity index (χ3v) is 3.68. The van der Waals surface area contributed by atoms with Crippen molar-refractivity contribution in [2.45, 2.75) is 38.6 Å². The lowest BCUT2D eigenvalue weighted by molar-refractivity contribution is -0.202. The fourth-order valence-electron chi connectivity index (χ4n) is 1.31. The number of nitrogens with one attached hydrogen (secondary N) is 1. The fraction of sp³-hybridized carbons (Fsp3) is 0.900. The maximum Gasteiger partial charge on any atom is 0.474 e. The number of alkyl carbamates (subject to hydrolysis) is 1. The van der Waals surface area contributed by atoms with Gasteiger partial charge < -0.3 is 10.1 Å². The van der Waals surface area contributed by atoms with Crippen molar-refractivity contribution in [1.82, 2.24) is 5.32 Å². The summed E-state index contributed by atoms with van der Waals surface area (Å²) >= 11 is 0. The summed E-state index contributed by atoms with van der Waals surface area (Å²) < 4.78 is 67.8. The average Bonchev–Trinajstić information content (AvgIpc) is 2.36. The lowest BCUT2D eigenvalue weighted by Crippen LogP contribution is -2.41. The molecule has 0 saturated heterocycles. The second kappa shape index (κ2) is 8.57. The predicted molar refractivity (Wildman–Crippen MR) is 66.8 cm³/mol. The van der Waals surface area contributed by atoms with Crippen LogP contribution < -0.4 is 5.32 Å². The van der Waals surface area contributed by atoms with Gasteiger partial charge in [-0.1, -0.05) is 0 Å². The van der Waals surface area contributed by atoms with Crippen molar-refractivity contribution in [3.8, 4) is 0 Å². The Bertz CT molecular complexity index is 370. The first-order chi connectivity index (χ1) is 9.57. The van der Waals surface area contributed by atoms with Gasteiger partial charge in [-0.3, -0.25) is 13.6 Å². The number of phosphoric ester groups is 1. The number of carbonyl (C=O) groups excluding carboxylic acids is 1. The van der Waals surface area contributed by atoms with Crippen molar-refractivity contribution in [2.24, 2.45) is 0 Å². The summed E-state index contributed by atoms with van der Waals surface area (Å²) in [5.41, 5.74) is 0. The molecular weight excluding hydrogens is 318 g/mol. The Balaban J connectivity index is 4.79. The maximum atomic E-state index is 12.9. The van der Waals surface area contributed by atoms with Crippen LogP contribution in [0.4, 0.5) is 18.0 Å². The number of phosphoric acid groups is 1. The van der Waals surface area contributed by atoms with Gasteiger partial charge >= 0.3 is 20.1 Å². The molecule has 11 heteroatoms. The SMILES string of the molecule is CCOC(=O)NC(C)CC(OP(=O)(OC)OC)C(F)(F)F. The van der Waals surface area contributed by atoms with Crippen molar-refractivity contribution < 1.29 is 40.8 Å². The van der Waals surface area contributed by atoms with E-state index in [1.54, 1.807) is 6.92 Å². The molecule has 1 N–H and O–H groups in total. The van der Waals surface area contributed by atoms with Gasteiger partial charge in [0.15, 0.2) is 6.10 Å². The van der Waals surface area contributed by atoms with Crippen molar-refractivity contribution in [3.05, 3.63) is 0 Å². The lowest BCUT2D eigenvalue weighted by Gasteiger charge is -2.26. The molecule has 0 aliphatic rings. The molecule has 0 spiro atoms. The van der Waals surface area contributed by atoms with Crippen molar-refractivity contribution >= 4 is 13.9 Å². The third kappa shape index (κ3) is 7.66. The van der Waals surface area contributed by atoms with Gasteiger partial charge in [0.2, 0.25) is 0 Å². The van der Waals surface area contributed by atoms with E-state index in [0.717, 1.165) is 14.2 Å². The van der Waals surface area contributed by atoms with Gasteiger partial charge in [-0.15, -0.1) is 0 Å². The van der Waals surface area contributed by atoms with E-state index in [1.807, 2.05) is 0 Å². The number of alkyl halides is 3. The fourth-order valence-corrected chi connectivity index (χ4v) is 2.15. The highest BCUT2D eigenvalue weighted by molar-refractivity contribution is 7.48. The minimum Gasteiger partial charge on any atom is -0.450 e. The summed E-state index contributed by atoms with van der Waals surface area (Å²) in [4.78, 5) is 11.1. The van der Waals surface area contributed by atoms with Crippen LogP contribution in [0.25, 0.3) is 0 Å². The molecule has 0 heterocycles. The van der Waals surface area contributed by atoms with Gasteiger partial charge in [0.25, 0.3) is 0 Å². The first-order valence-electron chi connectivity index (χ1n) is 5.97. The Hall–Kier alpha value is -0.830. The standard InChI is InChI=1S/C10H19F3NO6P/c1-5-19-9(15)14-7(2)6-8(10(11,12)13)20-21(16,17-3)18-4/h7-8H,5-6H2,1-4H3,(H,14,15). The normalized spacial score (nSPS) is 15.4. The summed E-state index contributed by atoms with van der Waals surface area (Å²) in [7, 11) is -2.50. The van der Waals surface area contributed by atoms with Crippen LogP contribution in [0.1, 0.15) is 20.3 Å². The number of ether oxygens (including phenoxy) is 1. The molecule has 0 aliphatic carbocycles. The van der Waals surface area contributed by atoms with Crippen molar-refractivity contribution in [3.63, 3.8) is 0 Å². The zero-order valence-electron chi connectivity index (χ0n) is 12.1. The smallest absolute Gasteiger partial charge is 0.450 e. The molecule has 0 aliphatic heterocycles. The second-order valence-corrected chi connectivity index (χ2v) is 5.79. The molecule has 0 radical (unpaired) electrons. The number of hydrogen-bond donors (Lipinski definition) is 1. The summed E-state index contributed by atoms with van der Waals surface area (Å²) in [6.45, 7) is 2.96. The molecule has 0 aromatic carbocycles. The van der Waals surface area contributed by atoms with E-state index in [2.05, 4.69) is 23.6 Å². The van der Waals surface area contributed by atoms with E-state index in [0.29, 0.717) is 0 Å². The molecule has 0 fully saturated rings. The highest BCUT2D eigenvalue weighted by Crippen LogP contribution is 2.51. The number of amides is 1. The Labute approximate surface area is 120 Å². The summed E-state index contributed by atoms with van der Waals surface area (Å²) in [6, 6.07) is -0.933. The first-order valence-corrected chi connectivity index (χ1v) is 7.44. The second-order valence-electron chi connectivity index (χ2n) is 3.95. The molecule has 2 unspecified atom stereocenters. The summed E-state index contributed by atoms with van der Waals surface area (Å²) in [5.74, 6) is 0. The maximum absolute atomic E-state index is 12.9. The summed E-state index contributed by atoms with van der Waals surface area (Å²) in [5, 5.41) is 2.19.